The second-order valence-corrected chi connectivity index (χ2v) is 7.25. The lowest BCUT2D eigenvalue weighted by Gasteiger charge is -2.09. The van der Waals surface area contributed by atoms with Gasteiger partial charge in [0.1, 0.15) is 4.90 Å². The number of hydrogen-bond acceptors (Lipinski definition) is 5. The molecule has 0 unspecified atom stereocenters. The van der Waals surface area contributed by atoms with Crippen LogP contribution in [0.25, 0.3) is 0 Å². The normalized spacial score (nSPS) is 11.1. The molecule has 7 nitrogen and oxygen atoms in total. The van der Waals surface area contributed by atoms with Gasteiger partial charge in [-0.1, -0.05) is 31.4 Å². The van der Waals surface area contributed by atoms with E-state index in [9.17, 15) is 18.0 Å². The van der Waals surface area contributed by atoms with Crippen LogP contribution in [0.2, 0.25) is 5.02 Å². The summed E-state index contributed by atoms with van der Waals surface area (Å²) in [5.41, 5.74) is -0.00740. The Morgan fingerprint density at radius 2 is 1.96 bits per heavy atom. The molecule has 0 atom stereocenters. The molecular weight excluding hydrogens is 356 g/mol. The zero-order chi connectivity index (χ0) is 18.2. The fourth-order valence-electron chi connectivity index (χ4n) is 1.81. The standard InChI is InChI=1S/C15H21ClN2O5S/c1-3-4-5-8-18-14(19)10-23-15(20)11-6-7-12(16)13(9-11)24(21,22)17-2/h6-7,9,17H,3-5,8,10H2,1-2H3,(H,18,19). The van der Waals surface area contributed by atoms with E-state index in [1.807, 2.05) is 0 Å². The fourth-order valence-corrected chi connectivity index (χ4v) is 3.06. The number of benzene rings is 1. The summed E-state index contributed by atoms with van der Waals surface area (Å²) < 4.78 is 30.6. The first-order valence-electron chi connectivity index (χ1n) is 7.48. The van der Waals surface area contributed by atoms with Crippen LogP contribution in [0.1, 0.15) is 36.5 Å². The zero-order valence-corrected chi connectivity index (χ0v) is 15.2. The van der Waals surface area contributed by atoms with Crippen molar-refractivity contribution in [3.8, 4) is 0 Å². The Labute approximate surface area is 146 Å². The first-order chi connectivity index (χ1) is 11.3. The lowest BCUT2D eigenvalue weighted by molar-refractivity contribution is -0.124. The highest BCUT2D eigenvalue weighted by atomic mass is 35.5. The Balaban J connectivity index is 2.66. The summed E-state index contributed by atoms with van der Waals surface area (Å²) in [5.74, 6) is -1.21. The van der Waals surface area contributed by atoms with Gasteiger partial charge in [0, 0.05) is 6.54 Å². The third-order valence-corrected chi connectivity index (χ3v) is 5.06. The molecule has 2 N–H and O–H groups in total. The number of carbonyl (C=O) groups excluding carboxylic acids is 2. The van der Waals surface area contributed by atoms with Crippen molar-refractivity contribution in [3.05, 3.63) is 28.8 Å². The van der Waals surface area contributed by atoms with Crippen molar-refractivity contribution < 1.29 is 22.7 Å². The summed E-state index contributed by atoms with van der Waals surface area (Å²) in [7, 11) is -2.57. The summed E-state index contributed by atoms with van der Waals surface area (Å²) in [6.45, 7) is 2.15. The molecule has 1 amide bonds. The van der Waals surface area contributed by atoms with Crippen LogP contribution in [0.15, 0.2) is 23.1 Å². The van der Waals surface area contributed by atoms with Crippen molar-refractivity contribution in [2.24, 2.45) is 0 Å². The molecule has 0 bridgehead atoms. The van der Waals surface area contributed by atoms with E-state index in [1.54, 1.807) is 0 Å². The summed E-state index contributed by atoms with van der Waals surface area (Å²) in [6, 6.07) is 3.72. The van der Waals surface area contributed by atoms with Gasteiger partial charge in [-0.15, -0.1) is 0 Å². The molecule has 0 saturated carbocycles. The number of esters is 1. The fraction of sp³-hybridized carbons (Fsp3) is 0.467. The minimum atomic E-state index is -3.80. The Morgan fingerprint density at radius 1 is 1.25 bits per heavy atom. The zero-order valence-electron chi connectivity index (χ0n) is 13.6. The van der Waals surface area contributed by atoms with Gasteiger partial charge in [0.25, 0.3) is 5.91 Å². The Kier molecular flexibility index (Phi) is 8.17. The van der Waals surface area contributed by atoms with E-state index in [4.69, 9.17) is 16.3 Å². The minimum Gasteiger partial charge on any atom is -0.452 e. The first-order valence-corrected chi connectivity index (χ1v) is 9.34. The molecule has 24 heavy (non-hydrogen) atoms. The van der Waals surface area contributed by atoms with Crippen molar-refractivity contribution in [3.63, 3.8) is 0 Å². The smallest absolute Gasteiger partial charge is 0.338 e. The van der Waals surface area contributed by atoms with Crippen LogP contribution in [-0.2, 0) is 19.6 Å². The molecule has 0 radical (unpaired) electrons. The minimum absolute atomic E-state index is 0.00740. The van der Waals surface area contributed by atoms with Gasteiger partial charge in [-0.2, -0.15) is 0 Å². The molecular formula is C15H21ClN2O5S. The van der Waals surface area contributed by atoms with Crippen LogP contribution in [0.5, 0.6) is 0 Å². The number of amides is 1. The number of rotatable bonds is 9. The van der Waals surface area contributed by atoms with E-state index in [1.165, 1.54) is 19.2 Å². The van der Waals surface area contributed by atoms with Crippen LogP contribution in [-0.4, -0.2) is 40.5 Å². The summed E-state index contributed by atoms with van der Waals surface area (Å²) in [6.07, 6.45) is 2.91. The van der Waals surface area contributed by atoms with Gasteiger partial charge >= 0.3 is 5.97 Å². The first kappa shape index (κ1) is 20.4. The SMILES string of the molecule is CCCCCNC(=O)COC(=O)c1ccc(Cl)c(S(=O)(=O)NC)c1. The Morgan fingerprint density at radius 3 is 2.58 bits per heavy atom. The van der Waals surface area contributed by atoms with Gasteiger partial charge in [-0.25, -0.2) is 17.9 Å². The third-order valence-electron chi connectivity index (χ3n) is 3.16. The highest BCUT2D eigenvalue weighted by Crippen LogP contribution is 2.22. The van der Waals surface area contributed by atoms with E-state index in [-0.39, 0.29) is 15.5 Å². The molecule has 0 aliphatic rings. The van der Waals surface area contributed by atoms with Crippen molar-refractivity contribution in [2.45, 2.75) is 31.1 Å². The number of carbonyl (C=O) groups is 2. The van der Waals surface area contributed by atoms with Crippen LogP contribution in [0, 0.1) is 0 Å². The number of sulfonamides is 1. The van der Waals surface area contributed by atoms with Crippen molar-refractivity contribution >= 4 is 33.5 Å². The van der Waals surface area contributed by atoms with Gasteiger partial charge < -0.3 is 10.1 Å². The second kappa shape index (κ2) is 9.61. The van der Waals surface area contributed by atoms with Crippen molar-refractivity contribution in [1.29, 1.82) is 0 Å². The van der Waals surface area contributed by atoms with Crippen LogP contribution in [0.4, 0.5) is 0 Å². The summed E-state index contributed by atoms with van der Waals surface area (Å²) >= 11 is 5.84. The molecule has 1 aromatic rings. The lowest BCUT2D eigenvalue weighted by Crippen LogP contribution is -2.29. The van der Waals surface area contributed by atoms with Crippen molar-refractivity contribution in [1.82, 2.24) is 10.0 Å². The third kappa shape index (κ3) is 6.10. The van der Waals surface area contributed by atoms with Crippen LogP contribution < -0.4 is 10.0 Å². The Bertz CT molecular complexity index is 691. The van der Waals surface area contributed by atoms with E-state index in [0.717, 1.165) is 25.3 Å². The number of hydrogen-bond donors (Lipinski definition) is 2. The van der Waals surface area contributed by atoms with Crippen LogP contribution in [0.3, 0.4) is 0 Å². The maximum Gasteiger partial charge on any atom is 0.338 e. The molecule has 1 aromatic carbocycles. The molecule has 0 spiro atoms. The monoisotopic (exact) mass is 376 g/mol. The van der Waals surface area contributed by atoms with Gasteiger partial charge in [0.2, 0.25) is 10.0 Å². The van der Waals surface area contributed by atoms with Gasteiger partial charge in [-0.05, 0) is 31.7 Å². The predicted molar refractivity (Wildman–Crippen MR) is 90.5 cm³/mol. The quantitative estimate of drug-likeness (QED) is 0.504. The Hall–Kier alpha value is -1.64. The highest BCUT2D eigenvalue weighted by molar-refractivity contribution is 7.89. The number of unbranched alkanes of at least 4 members (excludes halogenated alkanes) is 2. The second-order valence-electron chi connectivity index (χ2n) is 4.99. The van der Waals surface area contributed by atoms with E-state index in [2.05, 4.69) is 17.0 Å². The molecule has 0 aromatic heterocycles. The van der Waals surface area contributed by atoms with Gasteiger partial charge in [0.05, 0.1) is 10.6 Å². The average molecular weight is 377 g/mol. The topological polar surface area (TPSA) is 102 Å². The van der Waals surface area contributed by atoms with E-state index < -0.39 is 28.5 Å². The number of ether oxygens (including phenoxy) is 1. The summed E-state index contributed by atoms with van der Waals surface area (Å²) in [4.78, 5) is 23.3. The van der Waals surface area contributed by atoms with Gasteiger partial charge in [-0.3, -0.25) is 4.79 Å². The van der Waals surface area contributed by atoms with E-state index >= 15 is 0 Å². The molecule has 0 aliphatic carbocycles. The lowest BCUT2D eigenvalue weighted by atomic mass is 10.2. The molecule has 9 heteroatoms. The van der Waals surface area contributed by atoms with E-state index in [0.29, 0.717) is 6.54 Å². The average Bonchev–Trinajstić information content (AvgIpc) is 2.56. The number of nitrogens with one attached hydrogen (secondary N) is 2. The summed E-state index contributed by atoms with van der Waals surface area (Å²) in [5, 5.41) is 2.62. The highest BCUT2D eigenvalue weighted by Gasteiger charge is 2.19. The largest absolute Gasteiger partial charge is 0.452 e. The number of halogens is 1. The molecule has 0 aliphatic heterocycles. The molecule has 0 saturated heterocycles. The van der Waals surface area contributed by atoms with Gasteiger partial charge in [0.15, 0.2) is 6.61 Å². The molecule has 134 valence electrons. The van der Waals surface area contributed by atoms with Crippen molar-refractivity contribution in [2.75, 3.05) is 20.2 Å². The molecule has 0 fully saturated rings. The maximum absolute atomic E-state index is 11.9. The van der Waals surface area contributed by atoms with Crippen LogP contribution >= 0.6 is 11.6 Å². The predicted octanol–water partition coefficient (Wildman–Crippen LogP) is 1.71. The molecule has 0 heterocycles. The molecule has 1 rings (SSSR count). The maximum atomic E-state index is 11.9.